The Labute approximate surface area is 205 Å². The lowest BCUT2D eigenvalue weighted by Crippen LogP contribution is -2.55. The van der Waals surface area contributed by atoms with Gasteiger partial charge in [-0.15, -0.1) is 0 Å². The van der Waals surface area contributed by atoms with Crippen molar-refractivity contribution in [1.29, 1.82) is 0 Å². The standard InChI is InChI=1S/C26H32N2O7/c1-26(2,3)35-25(32)28(5)19-13-16-7-10-18(11-8-16)34-22-15-17(9-12-21(22)29)14-20(24(31)33-6)27(4)23(19)30/h7-12,15,19-20,29H,13-14H2,1-6H3/t19-,20-/m0/s1. The number of rotatable bonds is 2. The maximum Gasteiger partial charge on any atom is 0.410 e. The number of carbonyl (C=O) groups excluding carboxylic acids is 3. The SMILES string of the molecule is COC(=O)[C@@H]1Cc2ccc(O)c(c2)Oc2ccc(cc2)C[C@H](N(C)C(=O)OC(C)(C)C)C(=O)N1C. The minimum atomic E-state index is -0.969. The first-order valence-corrected chi connectivity index (χ1v) is 11.3. The Bertz CT molecular complexity index is 1090. The predicted octanol–water partition coefficient (Wildman–Crippen LogP) is 3.52. The van der Waals surface area contributed by atoms with Gasteiger partial charge in [-0.05, 0) is 56.2 Å². The summed E-state index contributed by atoms with van der Waals surface area (Å²) in [4.78, 5) is 41.9. The maximum absolute atomic E-state index is 13.7. The van der Waals surface area contributed by atoms with Gasteiger partial charge in [0, 0.05) is 26.9 Å². The second-order valence-corrected chi connectivity index (χ2v) is 9.55. The summed E-state index contributed by atoms with van der Waals surface area (Å²) >= 11 is 0. The molecule has 2 aliphatic heterocycles. The zero-order valence-electron chi connectivity index (χ0n) is 20.9. The Kier molecular flexibility index (Phi) is 7.57. The van der Waals surface area contributed by atoms with Crippen LogP contribution in [0.2, 0.25) is 0 Å². The molecule has 2 atom stereocenters. The molecule has 0 spiro atoms. The molecule has 2 heterocycles. The summed E-state index contributed by atoms with van der Waals surface area (Å²) in [7, 11) is 4.26. The third-order valence-electron chi connectivity index (χ3n) is 5.76. The molecule has 2 amide bonds. The molecule has 9 heteroatoms. The Morgan fingerprint density at radius 2 is 1.71 bits per heavy atom. The number of phenols is 1. The number of hydrogen-bond acceptors (Lipinski definition) is 7. The van der Waals surface area contributed by atoms with Crippen molar-refractivity contribution >= 4 is 18.0 Å². The smallest absolute Gasteiger partial charge is 0.410 e. The highest BCUT2D eigenvalue weighted by molar-refractivity contribution is 5.90. The van der Waals surface area contributed by atoms with E-state index in [2.05, 4.69) is 0 Å². The molecule has 0 unspecified atom stereocenters. The van der Waals surface area contributed by atoms with Gasteiger partial charge in [0.05, 0.1) is 7.11 Å². The van der Waals surface area contributed by atoms with E-state index in [1.807, 2.05) is 0 Å². The molecule has 188 valence electrons. The van der Waals surface area contributed by atoms with E-state index in [-0.39, 0.29) is 24.3 Å². The van der Waals surface area contributed by atoms with Crippen LogP contribution in [-0.2, 0) is 31.9 Å². The number of ether oxygens (including phenoxy) is 3. The Morgan fingerprint density at radius 1 is 1.09 bits per heavy atom. The molecule has 4 rings (SSSR count). The van der Waals surface area contributed by atoms with Crippen molar-refractivity contribution in [3.63, 3.8) is 0 Å². The van der Waals surface area contributed by atoms with Crippen LogP contribution in [0.15, 0.2) is 42.5 Å². The number of aromatic hydroxyl groups is 1. The number of esters is 1. The summed E-state index contributed by atoms with van der Waals surface area (Å²) in [5.41, 5.74) is 0.675. The fourth-order valence-electron chi connectivity index (χ4n) is 3.79. The first-order chi connectivity index (χ1) is 16.4. The third kappa shape index (κ3) is 6.23. The Morgan fingerprint density at radius 3 is 2.31 bits per heavy atom. The lowest BCUT2D eigenvalue weighted by Gasteiger charge is -2.35. The lowest BCUT2D eigenvalue weighted by atomic mass is 10.00. The van der Waals surface area contributed by atoms with E-state index >= 15 is 0 Å². The highest BCUT2D eigenvalue weighted by atomic mass is 16.6. The van der Waals surface area contributed by atoms with Gasteiger partial charge in [-0.1, -0.05) is 18.2 Å². The molecule has 0 radical (unpaired) electrons. The molecule has 0 aromatic heterocycles. The van der Waals surface area contributed by atoms with E-state index in [9.17, 15) is 19.5 Å². The molecular weight excluding hydrogens is 452 g/mol. The molecule has 35 heavy (non-hydrogen) atoms. The molecule has 0 saturated heterocycles. The van der Waals surface area contributed by atoms with Crippen LogP contribution in [0, 0.1) is 0 Å². The zero-order chi connectivity index (χ0) is 25.9. The minimum absolute atomic E-state index is 0.0528. The van der Waals surface area contributed by atoms with Gasteiger partial charge < -0.3 is 24.2 Å². The molecule has 0 aliphatic carbocycles. The summed E-state index contributed by atoms with van der Waals surface area (Å²) in [6.07, 6.45) is -0.349. The first-order valence-electron chi connectivity index (χ1n) is 11.3. The van der Waals surface area contributed by atoms with Gasteiger partial charge in [-0.2, -0.15) is 0 Å². The zero-order valence-corrected chi connectivity index (χ0v) is 20.9. The number of fused-ring (bicyclic) bond motifs is 7. The normalized spacial score (nSPS) is 18.3. The molecule has 0 fully saturated rings. The lowest BCUT2D eigenvalue weighted by molar-refractivity contribution is -0.153. The quantitative estimate of drug-likeness (QED) is 0.650. The number of hydrogen-bond donors (Lipinski definition) is 1. The van der Waals surface area contributed by atoms with E-state index in [0.717, 1.165) is 5.56 Å². The highest BCUT2D eigenvalue weighted by Gasteiger charge is 2.37. The van der Waals surface area contributed by atoms with Crippen LogP contribution in [0.4, 0.5) is 4.79 Å². The number of phenolic OH excluding ortho intramolecular Hbond substituents is 1. The average Bonchev–Trinajstić information content (AvgIpc) is 2.80. The summed E-state index contributed by atoms with van der Waals surface area (Å²) < 4.78 is 16.3. The maximum atomic E-state index is 13.7. The second kappa shape index (κ2) is 10.2. The number of benzene rings is 2. The van der Waals surface area contributed by atoms with Crippen molar-refractivity contribution in [3.05, 3.63) is 53.6 Å². The second-order valence-electron chi connectivity index (χ2n) is 9.55. The fraction of sp³-hybridized carbons (Fsp3) is 0.423. The number of amides is 2. The molecule has 9 nitrogen and oxygen atoms in total. The van der Waals surface area contributed by atoms with Crippen molar-refractivity contribution in [2.75, 3.05) is 21.2 Å². The van der Waals surface area contributed by atoms with E-state index in [1.165, 1.54) is 37.1 Å². The van der Waals surface area contributed by atoms with Gasteiger partial charge in [0.1, 0.15) is 23.4 Å². The molecule has 2 aromatic carbocycles. The van der Waals surface area contributed by atoms with E-state index in [1.54, 1.807) is 57.2 Å². The molecule has 4 bridgehead atoms. The number of likely N-dealkylation sites (N-methyl/N-ethyl adjacent to an activating group) is 2. The summed E-state index contributed by atoms with van der Waals surface area (Å²) in [5, 5.41) is 10.2. The topological polar surface area (TPSA) is 106 Å². The molecule has 0 saturated carbocycles. The minimum Gasteiger partial charge on any atom is -0.504 e. The van der Waals surface area contributed by atoms with E-state index < -0.39 is 35.7 Å². The number of nitrogens with zero attached hydrogens (tertiary/aromatic N) is 2. The van der Waals surface area contributed by atoms with Crippen molar-refractivity contribution in [1.82, 2.24) is 9.80 Å². The third-order valence-corrected chi connectivity index (χ3v) is 5.76. The van der Waals surface area contributed by atoms with Gasteiger partial charge >= 0.3 is 12.1 Å². The van der Waals surface area contributed by atoms with Crippen LogP contribution < -0.4 is 4.74 Å². The van der Waals surface area contributed by atoms with Crippen LogP contribution >= 0.6 is 0 Å². The van der Waals surface area contributed by atoms with Crippen molar-refractivity contribution in [2.45, 2.75) is 51.3 Å². The molecule has 1 N–H and O–H groups in total. The average molecular weight is 485 g/mol. The van der Waals surface area contributed by atoms with Crippen LogP contribution in [0.25, 0.3) is 0 Å². The predicted molar refractivity (Wildman–Crippen MR) is 128 cm³/mol. The Hall–Kier alpha value is -3.75. The number of methoxy groups -OCH3 is 1. The van der Waals surface area contributed by atoms with Crippen molar-refractivity contribution in [3.8, 4) is 17.2 Å². The van der Waals surface area contributed by atoms with E-state index in [0.29, 0.717) is 11.3 Å². The van der Waals surface area contributed by atoms with Crippen LogP contribution in [0.1, 0.15) is 31.9 Å². The van der Waals surface area contributed by atoms with Gasteiger partial charge in [-0.25, -0.2) is 9.59 Å². The summed E-state index contributed by atoms with van der Waals surface area (Å²) in [6, 6.07) is 9.84. The van der Waals surface area contributed by atoms with Crippen LogP contribution in [0.3, 0.4) is 0 Å². The summed E-state index contributed by atoms with van der Waals surface area (Å²) in [5.74, 6) is -0.380. The first kappa shape index (κ1) is 25.9. The van der Waals surface area contributed by atoms with Gasteiger partial charge in [0.25, 0.3) is 0 Å². The van der Waals surface area contributed by atoms with Crippen LogP contribution in [-0.4, -0.2) is 71.8 Å². The van der Waals surface area contributed by atoms with Crippen molar-refractivity contribution < 1.29 is 33.7 Å². The van der Waals surface area contributed by atoms with E-state index in [4.69, 9.17) is 14.2 Å². The summed E-state index contributed by atoms with van der Waals surface area (Å²) in [6.45, 7) is 5.24. The Balaban J connectivity index is 2.07. The molecule has 2 aromatic rings. The van der Waals surface area contributed by atoms with Crippen molar-refractivity contribution in [2.24, 2.45) is 0 Å². The van der Waals surface area contributed by atoms with Gasteiger partial charge in [-0.3, -0.25) is 9.69 Å². The fourth-order valence-corrected chi connectivity index (χ4v) is 3.79. The number of carbonyl (C=O) groups is 3. The highest BCUT2D eigenvalue weighted by Crippen LogP contribution is 2.33. The van der Waals surface area contributed by atoms with Gasteiger partial charge in [0.2, 0.25) is 5.91 Å². The van der Waals surface area contributed by atoms with Crippen LogP contribution in [0.5, 0.6) is 17.2 Å². The largest absolute Gasteiger partial charge is 0.504 e. The van der Waals surface area contributed by atoms with Gasteiger partial charge in [0.15, 0.2) is 11.5 Å². The monoisotopic (exact) mass is 484 g/mol. The molecule has 2 aliphatic rings. The molecular formula is C26H32N2O7.